The third-order valence-electron chi connectivity index (χ3n) is 6.31. The zero-order valence-electron chi connectivity index (χ0n) is 16.5. The molecule has 0 amide bonds. The van der Waals surface area contributed by atoms with E-state index in [0.717, 1.165) is 38.9 Å². The molecule has 1 fully saturated rings. The van der Waals surface area contributed by atoms with Gasteiger partial charge in [0.15, 0.2) is 0 Å². The molecule has 0 aromatic heterocycles. The van der Waals surface area contributed by atoms with Crippen LogP contribution in [-0.2, 0) is 29.4 Å². The summed E-state index contributed by atoms with van der Waals surface area (Å²) in [6.07, 6.45) is 3.20. The monoisotopic (exact) mass is 406 g/mol. The lowest BCUT2D eigenvalue weighted by atomic mass is 10.0. The van der Waals surface area contributed by atoms with E-state index in [9.17, 15) is 8.42 Å². The number of sulfonamides is 1. The van der Waals surface area contributed by atoms with Gasteiger partial charge in [0.05, 0.1) is 4.90 Å². The number of fused-ring (bicyclic) bond motifs is 2. The summed E-state index contributed by atoms with van der Waals surface area (Å²) in [7, 11) is -3.41. The molecule has 5 rings (SSSR count). The van der Waals surface area contributed by atoms with Crippen LogP contribution < -0.4 is 0 Å². The molecule has 3 aromatic carbocycles. The second-order valence-corrected chi connectivity index (χ2v) is 10.0. The Kier molecular flexibility index (Phi) is 4.90. The number of hydrogen-bond acceptors (Lipinski definition) is 3. The molecule has 0 radical (unpaired) electrons. The van der Waals surface area contributed by atoms with Gasteiger partial charge < -0.3 is 0 Å². The molecule has 1 aliphatic heterocycles. The van der Waals surface area contributed by atoms with Gasteiger partial charge in [-0.25, -0.2) is 8.42 Å². The van der Waals surface area contributed by atoms with E-state index >= 15 is 0 Å². The molecule has 0 N–H and O–H groups in total. The average molecular weight is 407 g/mol. The van der Waals surface area contributed by atoms with Gasteiger partial charge in [0.2, 0.25) is 10.0 Å². The number of piperazine rings is 1. The number of nitrogens with zero attached hydrogens (tertiary/aromatic N) is 2. The van der Waals surface area contributed by atoms with Crippen molar-refractivity contribution in [2.45, 2.75) is 30.7 Å². The van der Waals surface area contributed by atoms with Crippen LogP contribution in [0.4, 0.5) is 0 Å². The van der Waals surface area contributed by atoms with Crippen molar-refractivity contribution in [1.82, 2.24) is 9.21 Å². The molecular formula is C24H26N2O2S. The maximum absolute atomic E-state index is 13.1. The minimum atomic E-state index is -3.41. The Morgan fingerprint density at radius 3 is 2.41 bits per heavy atom. The molecule has 1 heterocycles. The fraction of sp³-hybridized carbons (Fsp3) is 0.333. The quantitative estimate of drug-likeness (QED) is 0.661. The van der Waals surface area contributed by atoms with Crippen LogP contribution in [0.15, 0.2) is 65.6 Å². The SMILES string of the molecule is O=S(=O)(c1ccc2c(c1)CCC2)N1CCN(Cc2cccc3ccccc23)CC1. The highest BCUT2D eigenvalue weighted by atomic mass is 32.2. The molecule has 0 spiro atoms. The van der Waals surface area contributed by atoms with Crippen molar-refractivity contribution < 1.29 is 8.42 Å². The predicted octanol–water partition coefficient (Wildman–Crippen LogP) is 3.84. The van der Waals surface area contributed by atoms with Gasteiger partial charge in [-0.05, 0) is 58.9 Å². The van der Waals surface area contributed by atoms with Crippen molar-refractivity contribution >= 4 is 20.8 Å². The summed E-state index contributed by atoms with van der Waals surface area (Å²) >= 11 is 0. The largest absolute Gasteiger partial charge is 0.296 e. The first kappa shape index (κ1) is 18.8. The lowest BCUT2D eigenvalue weighted by molar-refractivity contribution is 0.182. The summed E-state index contributed by atoms with van der Waals surface area (Å²) in [6, 6.07) is 20.6. The molecule has 2 aliphatic rings. The Hall–Kier alpha value is -2.21. The molecule has 0 atom stereocenters. The minimum Gasteiger partial charge on any atom is -0.296 e. The average Bonchev–Trinajstić information content (AvgIpc) is 3.22. The van der Waals surface area contributed by atoms with Crippen LogP contribution in [0.3, 0.4) is 0 Å². The van der Waals surface area contributed by atoms with Crippen molar-refractivity contribution in [2.24, 2.45) is 0 Å². The van der Waals surface area contributed by atoms with Crippen molar-refractivity contribution in [3.8, 4) is 0 Å². The van der Waals surface area contributed by atoms with Gasteiger partial charge in [-0.3, -0.25) is 4.90 Å². The summed E-state index contributed by atoms with van der Waals surface area (Å²) in [5, 5.41) is 2.53. The fourth-order valence-corrected chi connectivity index (χ4v) is 6.13. The van der Waals surface area contributed by atoms with Gasteiger partial charge in [0, 0.05) is 32.7 Å². The zero-order valence-corrected chi connectivity index (χ0v) is 17.4. The van der Waals surface area contributed by atoms with Gasteiger partial charge >= 0.3 is 0 Å². The lowest BCUT2D eigenvalue weighted by Crippen LogP contribution is -2.48. The molecule has 0 unspecified atom stereocenters. The van der Waals surface area contributed by atoms with Crippen LogP contribution in [-0.4, -0.2) is 43.8 Å². The first-order valence-electron chi connectivity index (χ1n) is 10.4. The second kappa shape index (κ2) is 7.56. The van der Waals surface area contributed by atoms with E-state index in [4.69, 9.17) is 0 Å². The number of hydrogen-bond donors (Lipinski definition) is 0. The van der Waals surface area contributed by atoms with Crippen LogP contribution in [0.2, 0.25) is 0 Å². The predicted molar refractivity (Wildman–Crippen MR) is 116 cm³/mol. The number of aryl methyl sites for hydroxylation is 2. The van der Waals surface area contributed by atoms with Crippen molar-refractivity contribution in [3.05, 3.63) is 77.4 Å². The van der Waals surface area contributed by atoms with Gasteiger partial charge in [0.1, 0.15) is 0 Å². The third-order valence-corrected chi connectivity index (χ3v) is 8.21. The van der Waals surface area contributed by atoms with E-state index in [-0.39, 0.29) is 0 Å². The molecule has 1 saturated heterocycles. The number of benzene rings is 3. The third kappa shape index (κ3) is 3.59. The Balaban J connectivity index is 1.29. The zero-order chi connectivity index (χ0) is 19.8. The summed E-state index contributed by atoms with van der Waals surface area (Å²) in [6.45, 7) is 3.46. The minimum absolute atomic E-state index is 0.459. The molecule has 0 bridgehead atoms. The van der Waals surface area contributed by atoms with E-state index < -0.39 is 10.0 Å². The second-order valence-electron chi connectivity index (χ2n) is 8.10. The highest BCUT2D eigenvalue weighted by Crippen LogP contribution is 2.27. The molecule has 5 heteroatoms. The maximum Gasteiger partial charge on any atom is 0.243 e. The van der Waals surface area contributed by atoms with E-state index in [2.05, 4.69) is 47.4 Å². The van der Waals surface area contributed by atoms with Crippen molar-refractivity contribution in [3.63, 3.8) is 0 Å². The summed E-state index contributed by atoms with van der Waals surface area (Å²) in [5.41, 5.74) is 3.82. The van der Waals surface area contributed by atoms with E-state index in [1.807, 2.05) is 12.1 Å². The highest BCUT2D eigenvalue weighted by molar-refractivity contribution is 7.89. The highest BCUT2D eigenvalue weighted by Gasteiger charge is 2.29. The fourth-order valence-electron chi connectivity index (χ4n) is 4.66. The maximum atomic E-state index is 13.1. The van der Waals surface area contributed by atoms with Crippen LogP contribution in [0.1, 0.15) is 23.1 Å². The number of rotatable bonds is 4. The van der Waals surface area contributed by atoms with Gasteiger partial charge in [-0.15, -0.1) is 0 Å². The summed E-state index contributed by atoms with van der Waals surface area (Å²) in [4.78, 5) is 2.82. The van der Waals surface area contributed by atoms with E-state index in [1.165, 1.54) is 27.5 Å². The van der Waals surface area contributed by atoms with Crippen molar-refractivity contribution in [2.75, 3.05) is 26.2 Å². The smallest absolute Gasteiger partial charge is 0.243 e. The van der Waals surface area contributed by atoms with Crippen LogP contribution in [0.5, 0.6) is 0 Å². The molecule has 4 nitrogen and oxygen atoms in total. The van der Waals surface area contributed by atoms with E-state index in [1.54, 1.807) is 10.4 Å². The summed E-state index contributed by atoms with van der Waals surface area (Å²) in [5.74, 6) is 0. The Morgan fingerprint density at radius 2 is 1.55 bits per heavy atom. The van der Waals surface area contributed by atoms with Gasteiger partial charge in [0.25, 0.3) is 0 Å². The standard InChI is InChI=1S/C24H26N2O2S/c27-29(28,23-12-11-19-6-3-8-21(19)17-23)26-15-13-25(14-16-26)18-22-9-4-7-20-5-1-2-10-24(20)22/h1-2,4-5,7,9-12,17H,3,6,8,13-16,18H2. The topological polar surface area (TPSA) is 40.6 Å². The molecule has 29 heavy (non-hydrogen) atoms. The molecule has 0 saturated carbocycles. The molecular weight excluding hydrogens is 380 g/mol. The van der Waals surface area contributed by atoms with Gasteiger partial charge in [-0.2, -0.15) is 4.31 Å². The Bertz CT molecular complexity index is 1140. The first-order valence-corrected chi connectivity index (χ1v) is 11.9. The summed E-state index contributed by atoms with van der Waals surface area (Å²) < 4.78 is 27.9. The van der Waals surface area contributed by atoms with Crippen molar-refractivity contribution in [1.29, 1.82) is 0 Å². The van der Waals surface area contributed by atoms with E-state index in [0.29, 0.717) is 18.0 Å². The van der Waals surface area contributed by atoms with Crippen LogP contribution >= 0.6 is 0 Å². The van der Waals surface area contributed by atoms with Crippen LogP contribution in [0.25, 0.3) is 10.8 Å². The normalized spacial score (nSPS) is 18.2. The van der Waals surface area contributed by atoms with Gasteiger partial charge in [-0.1, -0.05) is 48.5 Å². The van der Waals surface area contributed by atoms with Crippen LogP contribution in [0, 0.1) is 0 Å². The lowest BCUT2D eigenvalue weighted by Gasteiger charge is -2.34. The first-order chi connectivity index (χ1) is 14.1. The molecule has 3 aromatic rings. The Labute approximate surface area is 172 Å². The molecule has 150 valence electrons. The Morgan fingerprint density at radius 1 is 0.793 bits per heavy atom. The molecule has 1 aliphatic carbocycles.